The largest absolute Gasteiger partial charge is 0.330 e. The van der Waals surface area contributed by atoms with Gasteiger partial charge in [0.2, 0.25) is 0 Å². The molecular formula is C13H23N3. The fraction of sp³-hybridized carbons (Fsp3) is 0.769. The first-order chi connectivity index (χ1) is 7.72. The number of hydrogen-bond donors (Lipinski definition) is 1. The van der Waals surface area contributed by atoms with Crippen LogP contribution in [0.2, 0.25) is 0 Å². The lowest BCUT2D eigenvalue weighted by molar-refractivity contribution is 0.283. The van der Waals surface area contributed by atoms with Crippen LogP contribution in [0, 0.1) is 5.92 Å². The van der Waals surface area contributed by atoms with E-state index in [2.05, 4.69) is 23.4 Å². The summed E-state index contributed by atoms with van der Waals surface area (Å²) in [5, 5.41) is 0. The molecule has 16 heavy (non-hydrogen) atoms. The van der Waals surface area contributed by atoms with Crippen LogP contribution in [0.4, 0.5) is 0 Å². The van der Waals surface area contributed by atoms with Crippen LogP contribution >= 0.6 is 0 Å². The molecule has 2 N–H and O–H groups in total. The van der Waals surface area contributed by atoms with Gasteiger partial charge in [0.15, 0.2) is 0 Å². The van der Waals surface area contributed by atoms with Gasteiger partial charge in [0, 0.05) is 18.3 Å². The summed E-state index contributed by atoms with van der Waals surface area (Å²) < 4.78 is 2.32. The van der Waals surface area contributed by atoms with Gasteiger partial charge in [0.25, 0.3) is 0 Å². The number of rotatable bonds is 3. The monoisotopic (exact) mass is 221 g/mol. The molecule has 3 heteroatoms. The highest BCUT2D eigenvalue weighted by molar-refractivity contribution is 5.06. The molecule has 1 saturated carbocycles. The topological polar surface area (TPSA) is 43.8 Å². The van der Waals surface area contributed by atoms with E-state index in [9.17, 15) is 0 Å². The second-order valence-corrected chi connectivity index (χ2v) is 5.15. The molecule has 0 bridgehead atoms. The fourth-order valence-corrected chi connectivity index (χ4v) is 2.64. The summed E-state index contributed by atoms with van der Waals surface area (Å²) in [6.45, 7) is 4.48. The molecule has 1 aliphatic rings. The Hall–Kier alpha value is -0.830. The van der Waals surface area contributed by atoms with Gasteiger partial charge in [-0.1, -0.05) is 13.8 Å². The van der Waals surface area contributed by atoms with Gasteiger partial charge < -0.3 is 10.3 Å². The maximum Gasteiger partial charge on any atom is 0.0951 e. The molecule has 0 spiro atoms. The van der Waals surface area contributed by atoms with Crippen molar-refractivity contribution in [1.82, 2.24) is 9.55 Å². The van der Waals surface area contributed by atoms with Gasteiger partial charge in [-0.05, 0) is 38.0 Å². The van der Waals surface area contributed by atoms with E-state index >= 15 is 0 Å². The normalized spacial score (nSPS) is 27.9. The van der Waals surface area contributed by atoms with E-state index in [0.717, 1.165) is 12.3 Å². The summed E-state index contributed by atoms with van der Waals surface area (Å²) >= 11 is 0. The Bertz CT molecular complexity index is 324. The zero-order valence-corrected chi connectivity index (χ0v) is 10.4. The number of nitrogens with two attached hydrogens (primary N) is 1. The second-order valence-electron chi connectivity index (χ2n) is 5.15. The van der Waals surface area contributed by atoms with Crippen LogP contribution < -0.4 is 5.73 Å². The van der Waals surface area contributed by atoms with Crippen LogP contribution in [0.25, 0.3) is 0 Å². The van der Waals surface area contributed by atoms with Crippen LogP contribution in [0.3, 0.4) is 0 Å². The molecule has 0 unspecified atom stereocenters. The van der Waals surface area contributed by atoms with Crippen molar-refractivity contribution in [1.29, 1.82) is 0 Å². The maximum atomic E-state index is 6.11. The molecule has 0 aliphatic heterocycles. The molecular weight excluding hydrogens is 198 g/mol. The summed E-state index contributed by atoms with van der Waals surface area (Å²) in [6.07, 6.45) is 10.1. The third-order valence-corrected chi connectivity index (χ3v) is 3.89. The molecule has 1 fully saturated rings. The number of nitrogens with zero attached hydrogens (tertiary/aromatic N) is 2. The van der Waals surface area contributed by atoms with Gasteiger partial charge in [-0.25, -0.2) is 4.98 Å². The van der Waals surface area contributed by atoms with Gasteiger partial charge in [-0.2, -0.15) is 0 Å². The highest BCUT2D eigenvalue weighted by Crippen LogP contribution is 2.33. The van der Waals surface area contributed by atoms with E-state index < -0.39 is 0 Å². The first-order valence-electron chi connectivity index (χ1n) is 6.49. The SMILES string of the molecule is CC[C@@H](N)c1cncn1C1CCC(C)CC1. The van der Waals surface area contributed by atoms with Crippen molar-refractivity contribution in [2.24, 2.45) is 11.7 Å². The molecule has 0 aromatic carbocycles. The number of imidazole rings is 1. The van der Waals surface area contributed by atoms with E-state index in [4.69, 9.17) is 5.73 Å². The Labute approximate surface area is 98.1 Å². The first kappa shape index (κ1) is 11.6. The lowest BCUT2D eigenvalue weighted by Crippen LogP contribution is -2.21. The summed E-state index contributed by atoms with van der Waals surface area (Å²) in [5.74, 6) is 0.892. The minimum atomic E-state index is 0.141. The Balaban J connectivity index is 2.11. The second kappa shape index (κ2) is 5.00. The van der Waals surface area contributed by atoms with Crippen LogP contribution in [0.5, 0.6) is 0 Å². The lowest BCUT2D eigenvalue weighted by Gasteiger charge is -2.29. The van der Waals surface area contributed by atoms with E-state index in [0.29, 0.717) is 6.04 Å². The van der Waals surface area contributed by atoms with E-state index in [1.54, 1.807) is 0 Å². The first-order valence-corrected chi connectivity index (χ1v) is 6.49. The average Bonchev–Trinajstić information content (AvgIpc) is 2.78. The number of aromatic nitrogens is 2. The molecule has 1 aliphatic carbocycles. The highest BCUT2D eigenvalue weighted by Gasteiger charge is 2.22. The predicted octanol–water partition coefficient (Wildman–Crippen LogP) is 3.04. The van der Waals surface area contributed by atoms with Crippen LogP contribution in [-0.2, 0) is 0 Å². The zero-order chi connectivity index (χ0) is 11.5. The fourth-order valence-electron chi connectivity index (χ4n) is 2.64. The third kappa shape index (κ3) is 2.29. The molecule has 90 valence electrons. The smallest absolute Gasteiger partial charge is 0.0951 e. The molecule has 0 amide bonds. The summed E-state index contributed by atoms with van der Waals surface area (Å²) in [6, 6.07) is 0.771. The molecule has 3 nitrogen and oxygen atoms in total. The highest BCUT2D eigenvalue weighted by atomic mass is 15.1. The Morgan fingerprint density at radius 2 is 2.12 bits per heavy atom. The zero-order valence-electron chi connectivity index (χ0n) is 10.4. The molecule has 2 rings (SSSR count). The van der Waals surface area contributed by atoms with Crippen molar-refractivity contribution < 1.29 is 0 Å². The molecule has 0 radical (unpaired) electrons. The standard InChI is InChI=1S/C13H23N3/c1-3-12(14)13-8-15-9-16(13)11-6-4-10(2)5-7-11/h8-12H,3-7,14H2,1-2H3/t10?,11?,12-/m1/s1. The summed E-state index contributed by atoms with van der Waals surface area (Å²) in [5.41, 5.74) is 7.32. The lowest BCUT2D eigenvalue weighted by atomic mass is 9.87. The van der Waals surface area contributed by atoms with Gasteiger partial charge in [0.1, 0.15) is 0 Å². The molecule has 0 saturated heterocycles. The molecule has 1 heterocycles. The van der Waals surface area contributed by atoms with Gasteiger partial charge >= 0.3 is 0 Å². The van der Waals surface area contributed by atoms with Crippen molar-refractivity contribution in [2.75, 3.05) is 0 Å². The molecule has 1 aromatic rings. The summed E-state index contributed by atoms with van der Waals surface area (Å²) in [4.78, 5) is 4.27. The van der Waals surface area contributed by atoms with Crippen molar-refractivity contribution >= 4 is 0 Å². The van der Waals surface area contributed by atoms with E-state index in [1.165, 1.54) is 31.4 Å². The van der Waals surface area contributed by atoms with Gasteiger partial charge in [-0.3, -0.25) is 0 Å². The Morgan fingerprint density at radius 3 is 2.75 bits per heavy atom. The summed E-state index contributed by atoms with van der Waals surface area (Å²) in [7, 11) is 0. The van der Waals surface area contributed by atoms with Crippen LogP contribution in [0.1, 0.15) is 63.7 Å². The molecule has 1 aromatic heterocycles. The minimum absolute atomic E-state index is 0.141. The average molecular weight is 221 g/mol. The van der Waals surface area contributed by atoms with Gasteiger partial charge in [0.05, 0.1) is 12.0 Å². The van der Waals surface area contributed by atoms with E-state index in [-0.39, 0.29) is 6.04 Å². The predicted molar refractivity (Wildman–Crippen MR) is 66.1 cm³/mol. The number of hydrogen-bond acceptors (Lipinski definition) is 2. The molecule has 1 atom stereocenters. The Kier molecular flexibility index (Phi) is 3.64. The van der Waals surface area contributed by atoms with E-state index in [1.807, 2.05) is 12.5 Å². The van der Waals surface area contributed by atoms with Gasteiger partial charge in [-0.15, -0.1) is 0 Å². The van der Waals surface area contributed by atoms with Crippen molar-refractivity contribution in [3.63, 3.8) is 0 Å². The quantitative estimate of drug-likeness (QED) is 0.852. The van der Waals surface area contributed by atoms with Crippen molar-refractivity contribution in [3.8, 4) is 0 Å². The van der Waals surface area contributed by atoms with Crippen molar-refractivity contribution in [2.45, 2.75) is 58.0 Å². The Morgan fingerprint density at radius 1 is 1.44 bits per heavy atom. The minimum Gasteiger partial charge on any atom is -0.330 e. The van der Waals surface area contributed by atoms with Crippen LogP contribution in [-0.4, -0.2) is 9.55 Å². The van der Waals surface area contributed by atoms with Crippen LogP contribution in [0.15, 0.2) is 12.5 Å². The van der Waals surface area contributed by atoms with Crippen molar-refractivity contribution in [3.05, 3.63) is 18.2 Å². The maximum absolute atomic E-state index is 6.11. The third-order valence-electron chi connectivity index (χ3n) is 3.89.